The van der Waals surface area contributed by atoms with Crippen LogP contribution in [0.2, 0.25) is 0 Å². The Morgan fingerprint density at radius 3 is 2.38 bits per heavy atom. The lowest BCUT2D eigenvalue weighted by atomic mass is 9.81. The molecular formula is C41H52N6O5S. The van der Waals surface area contributed by atoms with E-state index < -0.39 is 21.2 Å². The second-order valence-corrected chi connectivity index (χ2v) is 17.5. The fourth-order valence-electron chi connectivity index (χ4n) is 8.89. The maximum Gasteiger partial charge on any atom is 0.264 e. The molecule has 3 aliphatic heterocycles. The Morgan fingerprint density at radius 2 is 1.74 bits per heavy atom. The van der Waals surface area contributed by atoms with Crippen LogP contribution < -0.4 is 14.8 Å². The molecule has 2 unspecified atom stereocenters. The van der Waals surface area contributed by atoms with Gasteiger partial charge in [0, 0.05) is 60.0 Å². The number of piperazine rings is 1. The van der Waals surface area contributed by atoms with Crippen molar-refractivity contribution >= 4 is 45.0 Å². The van der Waals surface area contributed by atoms with Crippen LogP contribution in [0.4, 0.5) is 0 Å². The van der Waals surface area contributed by atoms with Crippen LogP contribution in [0, 0.1) is 5.41 Å². The lowest BCUT2D eigenvalue weighted by Crippen LogP contribution is -2.54. The van der Waals surface area contributed by atoms with Crippen LogP contribution in [0.5, 0.6) is 5.75 Å². The molecule has 2 aromatic carbocycles. The number of fused-ring (bicyclic) bond motifs is 7. The van der Waals surface area contributed by atoms with Crippen molar-refractivity contribution in [2.24, 2.45) is 0 Å². The van der Waals surface area contributed by atoms with E-state index in [2.05, 4.69) is 38.7 Å². The first-order valence-electron chi connectivity index (χ1n) is 19.1. The van der Waals surface area contributed by atoms with Crippen LogP contribution in [-0.2, 0) is 21.4 Å². The number of nitrogens with one attached hydrogen (secondary N) is 3. The number of likely N-dealkylation sites (N-methyl/N-ethyl adjacent to an activating group) is 2. The zero-order valence-electron chi connectivity index (χ0n) is 31.5. The number of carbonyl (C=O) groups excluding carboxylic acids is 2. The van der Waals surface area contributed by atoms with Crippen molar-refractivity contribution in [2.75, 3.05) is 33.8 Å². The van der Waals surface area contributed by atoms with Gasteiger partial charge >= 0.3 is 0 Å². The van der Waals surface area contributed by atoms with Crippen molar-refractivity contribution in [3.05, 3.63) is 69.9 Å². The highest BCUT2D eigenvalue weighted by Crippen LogP contribution is 2.47. The molecule has 2 atom stereocenters. The third kappa shape index (κ3) is 6.80. The van der Waals surface area contributed by atoms with Crippen LogP contribution in [0.15, 0.2) is 53.2 Å². The number of aromatic nitrogens is 1. The van der Waals surface area contributed by atoms with Gasteiger partial charge in [0.15, 0.2) is 0 Å². The number of carbonyl (C=O) groups is 2. The zero-order chi connectivity index (χ0) is 37.6. The number of hydrogen-bond donors (Lipinski definition) is 3. The lowest BCUT2D eigenvalue weighted by molar-refractivity contribution is -0.129. The Hall–Kier alpha value is -4.42. The Labute approximate surface area is 313 Å². The van der Waals surface area contributed by atoms with Gasteiger partial charge in [-0.3, -0.25) is 14.5 Å². The fraction of sp³-hybridized carbons (Fsp3) is 0.488. The molecule has 1 saturated carbocycles. The first-order chi connectivity index (χ1) is 25.4. The highest BCUT2D eigenvalue weighted by molar-refractivity contribution is 7.90. The number of benzene rings is 2. The molecule has 2 bridgehead atoms. The Morgan fingerprint density at radius 1 is 1.02 bits per heavy atom. The van der Waals surface area contributed by atoms with Gasteiger partial charge in [0.1, 0.15) is 5.75 Å². The average Bonchev–Trinajstić information content (AvgIpc) is 3.46. The highest BCUT2D eigenvalue weighted by atomic mass is 32.2. The van der Waals surface area contributed by atoms with Crippen molar-refractivity contribution in [1.29, 1.82) is 5.41 Å². The van der Waals surface area contributed by atoms with Crippen molar-refractivity contribution in [2.45, 2.75) is 95.5 Å². The van der Waals surface area contributed by atoms with Gasteiger partial charge in [0.25, 0.3) is 11.8 Å². The van der Waals surface area contributed by atoms with Gasteiger partial charge in [-0.15, -0.1) is 0 Å². The van der Waals surface area contributed by atoms with E-state index in [1.165, 1.54) is 18.2 Å². The van der Waals surface area contributed by atoms with Gasteiger partial charge in [-0.05, 0) is 113 Å². The number of allylic oxidation sites excluding steroid dienone is 1. The lowest BCUT2D eigenvalue weighted by Gasteiger charge is -2.39. The number of nitrogens with zero attached hydrogens (tertiary/aromatic N) is 3. The molecule has 0 radical (unpaired) electrons. The SMILES string of the molecule is CCN/C(C1=Cc2cc(OC)ccc2-c2c(C3CCCCC3)c3ccc(C(=O)NS(=O)(=O)C(C)C)cc3n2C1)=C(\C=N)C(=O)N1CC2CCC(C1)N2C. The van der Waals surface area contributed by atoms with Crippen LogP contribution in [0.25, 0.3) is 28.2 Å². The van der Waals surface area contributed by atoms with E-state index in [0.717, 1.165) is 71.8 Å². The number of likely N-dealkylation sites (tertiary alicyclic amines) is 1. The molecular weight excluding hydrogens is 689 g/mol. The minimum absolute atomic E-state index is 0.150. The first kappa shape index (κ1) is 36.9. The smallest absolute Gasteiger partial charge is 0.264 e. The summed E-state index contributed by atoms with van der Waals surface area (Å²) in [5.41, 5.74) is 7.06. The fourth-order valence-corrected chi connectivity index (χ4v) is 9.50. The molecule has 3 aromatic rings. The summed E-state index contributed by atoms with van der Waals surface area (Å²) in [6, 6.07) is 12.2. The molecule has 2 saturated heterocycles. The number of ether oxygens (including phenoxy) is 1. The molecule has 7 rings (SSSR count). The molecule has 0 spiro atoms. The van der Waals surface area contributed by atoms with E-state index in [1.54, 1.807) is 27.0 Å². The quantitative estimate of drug-likeness (QED) is 0.170. The second-order valence-electron chi connectivity index (χ2n) is 15.3. The van der Waals surface area contributed by atoms with E-state index in [4.69, 9.17) is 10.1 Å². The second kappa shape index (κ2) is 14.8. The predicted octanol–water partition coefficient (Wildman–Crippen LogP) is 6.05. The van der Waals surface area contributed by atoms with Gasteiger partial charge in [-0.25, -0.2) is 13.1 Å². The van der Waals surface area contributed by atoms with Crippen molar-refractivity contribution in [3.8, 4) is 17.0 Å². The van der Waals surface area contributed by atoms with Crippen LogP contribution in [0.3, 0.4) is 0 Å². The summed E-state index contributed by atoms with van der Waals surface area (Å²) < 4.78 is 35.7. The number of rotatable bonds is 10. The maximum absolute atomic E-state index is 14.4. The summed E-state index contributed by atoms with van der Waals surface area (Å²) in [5.74, 6) is 0.188. The molecule has 1 aliphatic carbocycles. The Balaban J connectivity index is 1.43. The van der Waals surface area contributed by atoms with Crippen molar-refractivity contribution in [1.82, 2.24) is 24.4 Å². The highest BCUT2D eigenvalue weighted by Gasteiger charge is 2.40. The van der Waals surface area contributed by atoms with Crippen LogP contribution in [0.1, 0.15) is 93.1 Å². The van der Waals surface area contributed by atoms with E-state index in [0.29, 0.717) is 61.2 Å². The summed E-state index contributed by atoms with van der Waals surface area (Å²) >= 11 is 0. The largest absolute Gasteiger partial charge is 0.497 e. The molecule has 2 amide bonds. The Kier molecular flexibility index (Phi) is 10.3. The minimum atomic E-state index is -3.84. The van der Waals surface area contributed by atoms with E-state index >= 15 is 0 Å². The van der Waals surface area contributed by atoms with Gasteiger partial charge in [-0.2, -0.15) is 0 Å². The normalized spacial score (nSPS) is 21.0. The topological polar surface area (TPSA) is 137 Å². The van der Waals surface area contributed by atoms with Crippen molar-refractivity contribution in [3.63, 3.8) is 0 Å². The number of sulfonamides is 1. The van der Waals surface area contributed by atoms with Gasteiger partial charge in [0.05, 0.1) is 35.9 Å². The van der Waals surface area contributed by atoms with Gasteiger partial charge in [-0.1, -0.05) is 25.3 Å². The number of methoxy groups -OCH3 is 1. The minimum Gasteiger partial charge on any atom is -0.497 e. The van der Waals surface area contributed by atoms with E-state index in [9.17, 15) is 18.0 Å². The standard InChI is InChI=1S/C41H52N6O5S/c1-6-43-38(35(21-42)41(49)46-23-30-13-14-31(24-46)45(30)4)29-18-28-19-32(52-5)15-17-33(28)39-37(26-10-8-7-9-11-26)34-16-12-27(20-36(34)47(39)22-29)40(48)44-53(50,51)25(2)3/h12,15-21,25-26,30-31,42-43H,6-11,13-14,22-24H2,1-5H3,(H,44,48)/b38-35+,42-21?. The van der Waals surface area contributed by atoms with Gasteiger partial charge < -0.3 is 24.9 Å². The van der Waals surface area contributed by atoms with E-state index in [1.807, 2.05) is 36.1 Å². The van der Waals surface area contributed by atoms with Crippen molar-refractivity contribution < 1.29 is 22.7 Å². The average molecular weight is 741 g/mol. The third-order valence-corrected chi connectivity index (χ3v) is 13.6. The summed E-state index contributed by atoms with van der Waals surface area (Å²) in [6.45, 7) is 7.23. The molecule has 12 heteroatoms. The first-order valence-corrected chi connectivity index (χ1v) is 20.6. The molecule has 53 heavy (non-hydrogen) atoms. The van der Waals surface area contributed by atoms with Crippen LogP contribution >= 0.6 is 0 Å². The summed E-state index contributed by atoms with van der Waals surface area (Å²) in [7, 11) is -0.0519. The maximum atomic E-state index is 14.4. The molecule has 4 heterocycles. The van der Waals surface area contributed by atoms with Crippen LogP contribution in [-0.4, -0.2) is 91.9 Å². The predicted molar refractivity (Wildman–Crippen MR) is 210 cm³/mol. The number of amides is 2. The third-order valence-electron chi connectivity index (χ3n) is 11.9. The molecule has 282 valence electrons. The van der Waals surface area contributed by atoms with E-state index in [-0.39, 0.29) is 11.5 Å². The Bertz CT molecular complexity index is 2110. The molecule has 4 aliphatic rings. The summed E-state index contributed by atoms with van der Waals surface area (Å²) in [6.07, 6.45) is 11.0. The summed E-state index contributed by atoms with van der Waals surface area (Å²) in [5, 5.41) is 12.4. The number of hydrogen-bond acceptors (Lipinski definition) is 8. The molecule has 3 N–H and O–H groups in total. The molecule has 11 nitrogen and oxygen atoms in total. The monoisotopic (exact) mass is 740 g/mol. The zero-order valence-corrected chi connectivity index (χ0v) is 32.3. The summed E-state index contributed by atoms with van der Waals surface area (Å²) in [4.78, 5) is 32.2. The molecule has 3 fully saturated rings. The van der Waals surface area contributed by atoms with Gasteiger partial charge in [0.2, 0.25) is 10.0 Å². The molecule has 1 aromatic heterocycles.